The maximum atomic E-state index is 13.4. The zero-order chi connectivity index (χ0) is 23.6. The van der Waals surface area contributed by atoms with Gasteiger partial charge in [-0.15, -0.1) is 0 Å². The molecule has 2 amide bonds. The van der Waals surface area contributed by atoms with Crippen LogP contribution in [0.5, 0.6) is 5.75 Å². The first kappa shape index (κ1) is 22.4. The van der Waals surface area contributed by atoms with Crippen LogP contribution in [-0.4, -0.2) is 23.3 Å². The number of hydrogen-bond acceptors (Lipinski definition) is 5. The van der Waals surface area contributed by atoms with E-state index in [9.17, 15) is 9.59 Å². The molecule has 0 radical (unpaired) electrons. The lowest BCUT2D eigenvalue weighted by Crippen LogP contribution is -2.31. The Balaban J connectivity index is 1.70. The molecule has 1 aliphatic heterocycles. The van der Waals surface area contributed by atoms with Crippen molar-refractivity contribution >= 4 is 23.1 Å². The van der Waals surface area contributed by atoms with Crippen molar-refractivity contribution in [2.75, 3.05) is 11.9 Å². The number of carbonyl (C=O) groups excluding carboxylic acids is 2. The molecule has 1 N–H and O–H groups in total. The van der Waals surface area contributed by atoms with Gasteiger partial charge in [0.2, 0.25) is 0 Å². The quantitative estimate of drug-likeness (QED) is 0.496. The van der Waals surface area contributed by atoms with Crippen molar-refractivity contribution in [1.29, 1.82) is 0 Å². The molecule has 0 aliphatic carbocycles. The Morgan fingerprint density at radius 1 is 0.939 bits per heavy atom. The smallest absolute Gasteiger partial charge is 0.278 e. The predicted molar refractivity (Wildman–Crippen MR) is 128 cm³/mol. The Labute approximate surface area is 193 Å². The number of nitrogens with zero attached hydrogens (tertiary/aromatic N) is 1. The molecule has 3 aromatic rings. The average Bonchev–Trinajstić information content (AvgIpc) is 3.38. The van der Waals surface area contributed by atoms with Gasteiger partial charge < -0.3 is 14.5 Å². The normalized spacial score (nSPS) is 14.2. The van der Waals surface area contributed by atoms with Crippen LogP contribution in [-0.2, 0) is 21.5 Å². The number of anilines is 1. The van der Waals surface area contributed by atoms with Crippen LogP contribution >= 0.6 is 0 Å². The third kappa shape index (κ3) is 4.70. The first-order valence-electron chi connectivity index (χ1n) is 11.0. The first-order valence-corrected chi connectivity index (χ1v) is 11.0. The van der Waals surface area contributed by atoms with Gasteiger partial charge in [-0.1, -0.05) is 45.0 Å². The number of nitrogens with one attached hydrogen (secondary N) is 1. The molecule has 6 heteroatoms. The Morgan fingerprint density at radius 3 is 2.21 bits per heavy atom. The Morgan fingerprint density at radius 2 is 1.64 bits per heavy atom. The van der Waals surface area contributed by atoms with Gasteiger partial charge in [0.05, 0.1) is 25.0 Å². The highest BCUT2D eigenvalue weighted by Gasteiger charge is 2.39. The van der Waals surface area contributed by atoms with Gasteiger partial charge in [0.15, 0.2) is 0 Å². The molecule has 2 heterocycles. The van der Waals surface area contributed by atoms with E-state index in [1.807, 2.05) is 31.2 Å². The summed E-state index contributed by atoms with van der Waals surface area (Å²) >= 11 is 0. The van der Waals surface area contributed by atoms with Gasteiger partial charge in [0.25, 0.3) is 11.8 Å². The van der Waals surface area contributed by atoms with Crippen LogP contribution in [0, 0.1) is 0 Å². The van der Waals surface area contributed by atoms with Gasteiger partial charge in [-0.3, -0.25) is 14.5 Å². The maximum absolute atomic E-state index is 13.4. The Kier molecular flexibility index (Phi) is 6.09. The number of rotatable bonds is 7. The summed E-state index contributed by atoms with van der Waals surface area (Å²) in [5, 5.41) is 3.20. The maximum Gasteiger partial charge on any atom is 0.278 e. The number of carbonyl (C=O) groups is 2. The standard InChI is InChI=1S/C27H28N2O4/c1-5-32-21-14-8-18(9-15-21)23-24(28-20-12-10-19(11-13-20)27(2,3)4)26(31)29(25(23)30)17-22-7-6-16-33-22/h6-16,28H,5,17H2,1-4H3. The van der Waals surface area contributed by atoms with Crippen molar-refractivity contribution in [3.63, 3.8) is 0 Å². The predicted octanol–water partition coefficient (Wildman–Crippen LogP) is 5.37. The Hall–Kier alpha value is -3.80. The van der Waals surface area contributed by atoms with Gasteiger partial charge in [0, 0.05) is 5.69 Å². The second kappa shape index (κ2) is 8.98. The molecule has 2 aromatic carbocycles. The van der Waals surface area contributed by atoms with Crippen molar-refractivity contribution in [2.24, 2.45) is 0 Å². The molecule has 0 atom stereocenters. The highest BCUT2D eigenvalue weighted by molar-refractivity contribution is 6.36. The van der Waals surface area contributed by atoms with Crippen LogP contribution in [0.2, 0.25) is 0 Å². The number of benzene rings is 2. The fourth-order valence-electron chi connectivity index (χ4n) is 3.74. The summed E-state index contributed by atoms with van der Waals surface area (Å²) in [6.07, 6.45) is 1.52. The van der Waals surface area contributed by atoms with Gasteiger partial charge in [-0.05, 0) is 59.9 Å². The number of imide groups is 1. The molecule has 0 saturated carbocycles. The van der Waals surface area contributed by atoms with Gasteiger partial charge in [-0.25, -0.2) is 0 Å². The van der Waals surface area contributed by atoms with E-state index in [2.05, 4.69) is 26.1 Å². The fourth-order valence-corrected chi connectivity index (χ4v) is 3.74. The van der Waals surface area contributed by atoms with E-state index in [0.29, 0.717) is 29.3 Å². The van der Waals surface area contributed by atoms with Crippen molar-refractivity contribution in [3.05, 3.63) is 89.5 Å². The summed E-state index contributed by atoms with van der Waals surface area (Å²) in [5.41, 5.74) is 3.16. The topological polar surface area (TPSA) is 71.8 Å². The number of amides is 2. The molecule has 0 fully saturated rings. The van der Waals surface area contributed by atoms with Gasteiger partial charge in [-0.2, -0.15) is 0 Å². The van der Waals surface area contributed by atoms with Gasteiger partial charge in [0.1, 0.15) is 17.2 Å². The van der Waals surface area contributed by atoms with Crippen LogP contribution in [0.4, 0.5) is 5.69 Å². The second-order valence-electron chi connectivity index (χ2n) is 8.94. The largest absolute Gasteiger partial charge is 0.494 e. The molecule has 170 valence electrons. The molecule has 33 heavy (non-hydrogen) atoms. The van der Waals surface area contributed by atoms with Crippen LogP contribution in [0.25, 0.3) is 5.57 Å². The summed E-state index contributed by atoms with van der Waals surface area (Å²) in [5.74, 6) is 0.492. The van der Waals surface area contributed by atoms with Crippen LogP contribution < -0.4 is 10.1 Å². The monoisotopic (exact) mass is 444 g/mol. The lowest BCUT2D eigenvalue weighted by atomic mass is 9.87. The number of furan rings is 1. The van der Waals surface area contributed by atoms with E-state index in [1.54, 1.807) is 36.4 Å². The molecule has 6 nitrogen and oxygen atoms in total. The lowest BCUT2D eigenvalue weighted by molar-refractivity contribution is -0.137. The third-order valence-corrected chi connectivity index (χ3v) is 5.54. The minimum atomic E-state index is -0.389. The van der Waals surface area contributed by atoms with Crippen LogP contribution in [0.15, 0.2) is 77.0 Å². The molecule has 0 spiro atoms. The summed E-state index contributed by atoms with van der Waals surface area (Å²) in [4.78, 5) is 27.9. The molecule has 1 aromatic heterocycles. The minimum absolute atomic E-state index is 0.0181. The van der Waals surface area contributed by atoms with E-state index in [4.69, 9.17) is 9.15 Å². The SMILES string of the molecule is CCOc1ccc(C2=C(Nc3ccc(C(C)(C)C)cc3)C(=O)N(Cc3ccco3)C2=O)cc1. The molecule has 0 saturated heterocycles. The highest BCUT2D eigenvalue weighted by Crippen LogP contribution is 2.33. The van der Waals surface area contributed by atoms with Crippen LogP contribution in [0.3, 0.4) is 0 Å². The van der Waals surface area contributed by atoms with E-state index in [-0.39, 0.29) is 29.5 Å². The third-order valence-electron chi connectivity index (χ3n) is 5.54. The second-order valence-corrected chi connectivity index (χ2v) is 8.94. The number of ether oxygens (including phenoxy) is 1. The number of hydrogen-bond donors (Lipinski definition) is 1. The van der Waals surface area contributed by atoms with Crippen LogP contribution in [0.1, 0.15) is 44.6 Å². The molecule has 0 bridgehead atoms. The molecule has 0 unspecified atom stereocenters. The molecule has 4 rings (SSSR count). The summed E-state index contributed by atoms with van der Waals surface area (Å²) in [7, 11) is 0. The average molecular weight is 445 g/mol. The van der Waals surface area contributed by atoms with Crippen molar-refractivity contribution in [3.8, 4) is 5.75 Å². The summed E-state index contributed by atoms with van der Waals surface area (Å²) in [6.45, 7) is 8.97. The zero-order valence-electron chi connectivity index (χ0n) is 19.3. The fraction of sp³-hybridized carbons (Fsp3) is 0.259. The van der Waals surface area contributed by atoms with Crippen molar-refractivity contribution < 1.29 is 18.7 Å². The van der Waals surface area contributed by atoms with E-state index in [1.165, 1.54) is 16.7 Å². The lowest BCUT2D eigenvalue weighted by Gasteiger charge is -2.19. The molecular weight excluding hydrogens is 416 g/mol. The summed E-state index contributed by atoms with van der Waals surface area (Å²) in [6, 6.07) is 18.6. The summed E-state index contributed by atoms with van der Waals surface area (Å²) < 4.78 is 10.9. The molecule has 1 aliphatic rings. The minimum Gasteiger partial charge on any atom is -0.494 e. The van der Waals surface area contributed by atoms with Crippen molar-refractivity contribution in [2.45, 2.75) is 39.7 Å². The zero-order valence-corrected chi connectivity index (χ0v) is 19.3. The van der Waals surface area contributed by atoms with Gasteiger partial charge >= 0.3 is 0 Å². The molecular formula is C27H28N2O4. The van der Waals surface area contributed by atoms with E-state index >= 15 is 0 Å². The Bertz CT molecular complexity index is 1170. The first-order chi connectivity index (χ1) is 15.8. The van der Waals surface area contributed by atoms with E-state index < -0.39 is 0 Å². The van der Waals surface area contributed by atoms with E-state index in [0.717, 1.165) is 5.69 Å². The highest BCUT2D eigenvalue weighted by atomic mass is 16.5. The van der Waals surface area contributed by atoms with Crippen molar-refractivity contribution in [1.82, 2.24) is 4.90 Å².